The van der Waals surface area contributed by atoms with E-state index in [2.05, 4.69) is 5.32 Å². The van der Waals surface area contributed by atoms with E-state index in [-0.39, 0.29) is 44.6 Å². The Balaban J connectivity index is 1.74. The molecule has 0 aliphatic rings. The molecule has 0 saturated heterocycles. The number of rotatable bonds is 16. The SMILES string of the molecule is CCOP(=O)(COc1ccc(C[C@@H](C)NC[C@H](O)COc2ccc(O)c(CO)c2)cc1)OCC. The lowest BCUT2D eigenvalue weighted by Crippen LogP contribution is -2.37. The monoisotopic (exact) mass is 497 g/mol. The highest BCUT2D eigenvalue weighted by atomic mass is 31.2. The van der Waals surface area contributed by atoms with Crippen molar-refractivity contribution in [2.24, 2.45) is 0 Å². The minimum Gasteiger partial charge on any atom is -0.508 e. The van der Waals surface area contributed by atoms with Gasteiger partial charge in [0.1, 0.15) is 30.0 Å². The number of aromatic hydroxyl groups is 1. The number of aliphatic hydroxyl groups is 2. The van der Waals surface area contributed by atoms with Crippen LogP contribution in [0.3, 0.4) is 0 Å². The molecule has 0 radical (unpaired) electrons. The first-order valence-electron chi connectivity index (χ1n) is 11.3. The molecule has 2 aromatic carbocycles. The molecule has 0 bridgehead atoms. The van der Waals surface area contributed by atoms with Crippen molar-refractivity contribution in [1.29, 1.82) is 0 Å². The Morgan fingerprint density at radius 2 is 1.65 bits per heavy atom. The molecule has 190 valence electrons. The molecule has 0 spiro atoms. The van der Waals surface area contributed by atoms with Crippen molar-refractivity contribution < 1.29 is 38.4 Å². The maximum absolute atomic E-state index is 12.5. The molecule has 2 atom stereocenters. The van der Waals surface area contributed by atoms with Gasteiger partial charge < -0.3 is 39.2 Å². The van der Waals surface area contributed by atoms with Gasteiger partial charge >= 0.3 is 7.60 Å². The highest BCUT2D eigenvalue weighted by molar-refractivity contribution is 7.53. The van der Waals surface area contributed by atoms with Crippen molar-refractivity contribution in [3.63, 3.8) is 0 Å². The average Bonchev–Trinajstić information content (AvgIpc) is 2.82. The standard InChI is InChI=1S/C24H36NO8P/c1-4-32-34(29,33-5-2)17-31-22-8-6-19(7-9-22)12-18(3)25-14-21(27)16-30-23-10-11-24(28)20(13-23)15-26/h6-11,13,18,21,25-28H,4-5,12,14-17H2,1-3H3/t18-,21+/m1/s1. The second-order valence-corrected chi connectivity index (χ2v) is 9.79. The van der Waals surface area contributed by atoms with E-state index in [9.17, 15) is 19.9 Å². The van der Waals surface area contributed by atoms with Gasteiger partial charge in [-0.05, 0) is 63.1 Å². The summed E-state index contributed by atoms with van der Waals surface area (Å²) in [4.78, 5) is 0. The molecule has 0 unspecified atom stereocenters. The van der Waals surface area contributed by atoms with E-state index >= 15 is 0 Å². The smallest absolute Gasteiger partial charge is 0.367 e. The van der Waals surface area contributed by atoms with Gasteiger partial charge in [0.25, 0.3) is 0 Å². The Kier molecular flexibility index (Phi) is 11.8. The fraction of sp³-hybridized carbons (Fsp3) is 0.500. The molecule has 2 rings (SSSR count). The average molecular weight is 498 g/mol. The molecule has 0 fully saturated rings. The molecule has 4 N–H and O–H groups in total. The highest BCUT2D eigenvalue weighted by Crippen LogP contribution is 2.47. The van der Waals surface area contributed by atoms with E-state index in [0.717, 1.165) is 12.0 Å². The molecule has 0 amide bonds. The van der Waals surface area contributed by atoms with Gasteiger partial charge in [0.05, 0.1) is 19.8 Å². The molecule has 0 saturated carbocycles. The molecular formula is C24H36NO8P. The van der Waals surface area contributed by atoms with Crippen molar-refractivity contribution >= 4 is 7.60 Å². The number of aliphatic hydroxyl groups excluding tert-OH is 2. The predicted octanol–water partition coefficient (Wildman–Crippen LogP) is 3.45. The van der Waals surface area contributed by atoms with E-state index in [0.29, 0.717) is 23.6 Å². The lowest BCUT2D eigenvalue weighted by molar-refractivity contribution is 0.104. The molecule has 0 aromatic heterocycles. The van der Waals surface area contributed by atoms with Gasteiger partial charge in [-0.15, -0.1) is 0 Å². The highest BCUT2D eigenvalue weighted by Gasteiger charge is 2.24. The summed E-state index contributed by atoms with van der Waals surface area (Å²) in [6.07, 6.45) is -0.129. The second-order valence-electron chi connectivity index (χ2n) is 7.79. The zero-order valence-corrected chi connectivity index (χ0v) is 20.9. The Bertz CT molecular complexity index is 898. The summed E-state index contributed by atoms with van der Waals surface area (Å²) >= 11 is 0. The third-order valence-electron chi connectivity index (χ3n) is 4.87. The molecule has 34 heavy (non-hydrogen) atoms. The predicted molar refractivity (Wildman–Crippen MR) is 129 cm³/mol. The summed E-state index contributed by atoms with van der Waals surface area (Å²) in [7, 11) is -3.26. The van der Waals surface area contributed by atoms with Crippen LogP contribution in [0.4, 0.5) is 0 Å². The van der Waals surface area contributed by atoms with Gasteiger partial charge in [-0.25, -0.2) is 0 Å². The van der Waals surface area contributed by atoms with Crippen LogP contribution in [0.5, 0.6) is 17.2 Å². The van der Waals surface area contributed by atoms with Gasteiger partial charge in [-0.2, -0.15) is 0 Å². The van der Waals surface area contributed by atoms with Crippen LogP contribution in [0.25, 0.3) is 0 Å². The number of hydrogen-bond donors (Lipinski definition) is 4. The van der Waals surface area contributed by atoms with Crippen molar-refractivity contribution in [3.8, 4) is 17.2 Å². The minimum absolute atomic E-state index is 0.00139. The summed E-state index contributed by atoms with van der Waals surface area (Å²) in [5.74, 6) is 1.05. The summed E-state index contributed by atoms with van der Waals surface area (Å²) in [6.45, 7) is 6.23. The minimum atomic E-state index is -3.26. The van der Waals surface area contributed by atoms with Gasteiger partial charge in [-0.3, -0.25) is 4.57 Å². The summed E-state index contributed by atoms with van der Waals surface area (Å²) in [5, 5.41) is 32.3. The van der Waals surface area contributed by atoms with E-state index in [1.807, 2.05) is 31.2 Å². The Morgan fingerprint density at radius 1 is 1.00 bits per heavy atom. The first kappa shape index (κ1) is 28.1. The van der Waals surface area contributed by atoms with Crippen LogP contribution in [0.15, 0.2) is 42.5 Å². The lowest BCUT2D eigenvalue weighted by atomic mass is 10.1. The molecule has 10 heteroatoms. The first-order chi connectivity index (χ1) is 16.3. The zero-order chi connectivity index (χ0) is 25.0. The molecular weight excluding hydrogens is 461 g/mol. The Labute approximate surface area is 201 Å². The number of phenols is 1. The van der Waals surface area contributed by atoms with E-state index in [1.165, 1.54) is 12.1 Å². The van der Waals surface area contributed by atoms with Crippen LogP contribution in [0, 0.1) is 0 Å². The first-order valence-corrected chi connectivity index (χ1v) is 13.1. The van der Waals surface area contributed by atoms with Crippen LogP contribution in [-0.4, -0.2) is 60.2 Å². The van der Waals surface area contributed by atoms with Crippen LogP contribution in [0.1, 0.15) is 31.9 Å². The second kappa shape index (κ2) is 14.3. The Morgan fingerprint density at radius 3 is 2.26 bits per heavy atom. The third kappa shape index (κ3) is 9.62. The number of hydrogen-bond acceptors (Lipinski definition) is 9. The van der Waals surface area contributed by atoms with Gasteiger partial charge in [0.15, 0.2) is 6.35 Å². The number of ether oxygens (including phenoxy) is 2. The number of benzene rings is 2. The summed E-state index contributed by atoms with van der Waals surface area (Å²) in [6, 6.07) is 12.2. The number of nitrogens with one attached hydrogen (secondary N) is 1. The third-order valence-corrected chi connectivity index (χ3v) is 6.62. The normalized spacial score (nSPS) is 13.4. The largest absolute Gasteiger partial charge is 0.508 e. The van der Waals surface area contributed by atoms with Crippen molar-refractivity contribution in [2.45, 2.75) is 45.9 Å². The van der Waals surface area contributed by atoms with E-state index in [1.54, 1.807) is 19.9 Å². The maximum atomic E-state index is 12.5. The lowest BCUT2D eigenvalue weighted by Gasteiger charge is -2.19. The van der Waals surface area contributed by atoms with Crippen molar-refractivity contribution in [2.75, 3.05) is 32.7 Å². The quantitative estimate of drug-likeness (QED) is 0.258. The van der Waals surface area contributed by atoms with Crippen molar-refractivity contribution in [1.82, 2.24) is 5.32 Å². The fourth-order valence-corrected chi connectivity index (χ4v) is 4.49. The van der Waals surface area contributed by atoms with Crippen LogP contribution >= 0.6 is 7.60 Å². The molecule has 0 aliphatic carbocycles. The van der Waals surface area contributed by atoms with Crippen LogP contribution in [-0.2, 0) is 26.6 Å². The Hall–Kier alpha value is -2.13. The van der Waals surface area contributed by atoms with Crippen LogP contribution in [0.2, 0.25) is 0 Å². The van der Waals surface area contributed by atoms with E-state index < -0.39 is 13.7 Å². The summed E-state index contributed by atoms with van der Waals surface area (Å²) < 4.78 is 34.1. The van der Waals surface area contributed by atoms with E-state index in [4.69, 9.17) is 18.5 Å². The molecule has 0 heterocycles. The zero-order valence-electron chi connectivity index (χ0n) is 20.0. The van der Waals surface area contributed by atoms with Crippen LogP contribution < -0.4 is 14.8 Å². The van der Waals surface area contributed by atoms with Gasteiger partial charge in [0, 0.05) is 18.2 Å². The molecule has 9 nitrogen and oxygen atoms in total. The van der Waals surface area contributed by atoms with Gasteiger partial charge in [-0.1, -0.05) is 12.1 Å². The fourth-order valence-electron chi connectivity index (χ4n) is 3.17. The topological polar surface area (TPSA) is 127 Å². The maximum Gasteiger partial charge on any atom is 0.367 e. The summed E-state index contributed by atoms with van der Waals surface area (Å²) in [5.41, 5.74) is 1.45. The van der Waals surface area contributed by atoms with Crippen molar-refractivity contribution in [3.05, 3.63) is 53.6 Å². The molecule has 2 aromatic rings. The van der Waals surface area contributed by atoms with Gasteiger partial charge in [0.2, 0.25) is 0 Å². The molecule has 0 aliphatic heterocycles.